The first-order valence-electron chi connectivity index (χ1n) is 7.32. The standard InChI is InChI=1S/C17H18ClNO2S/c1-21-17(20)16(13-5-2-3-6-14(13)18)19-9-4-7-15(19)12-8-10-22-11-12/h2-3,5-6,8,10-11,15-16H,4,7,9H2,1H3. The SMILES string of the molecule is COC(=O)C(c1ccccc1Cl)N1CCCC1c1ccsc1. The maximum Gasteiger partial charge on any atom is 0.327 e. The lowest BCUT2D eigenvalue weighted by Crippen LogP contribution is -2.34. The van der Waals surface area contributed by atoms with Crippen LogP contribution in [0.3, 0.4) is 0 Å². The summed E-state index contributed by atoms with van der Waals surface area (Å²) in [6.07, 6.45) is 2.12. The molecule has 5 heteroatoms. The molecule has 2 aromatic rings. The number of halogens is 1. The van der Waals surface area contributed by atoms with Crippen molar-refractivity contribution in [3.8, 4) is 0 Å². The van der Waals surface area contributed by atoms with E-state index in [4.69, 9.17) is 16.3 Å². The summed E-state index contributed by atoms with van der Waals surface area (Å²) in [5.74, 6) is -0.254. The van der Waals surface area contributed by atoms with Gasteiger partial charge in [0.1, 0.15) is 6.04 Å². The molecule has 116 valence electrons. The van der Waals surface area contributed by atoms with Crippen LogP contribution >= 0.6 is 22.9 Å². The molecule has 1 fully saturated rings. The van der Waals surface area contributed by atoms with E-state index < -0.39 is 6.04 Å². The van der Waals surface area contributed by atoms with Crippen molar-refractivity contribution in [1.82, 2.24) is 4.90 Å². The summed E-state index contributed by atoms with van der Waals surface area (Å²) in [7, 11) is 1.43. The van der Waals surface area contributed by atoms with Crippen molar-refractivity contribution >= 4 is 28.9 Å². The number of carbonyl (C=O) groups is 1. The number of methoxy groups -OCH3 is 1. The van der Waals surface area contributed by atoms with E-state index >= 15 is 0 Å². The monoisotopic (exact) mass is 335 g/mol. The molecule has 0 amide bonds. The summed E-state index contributed by atoms with van der Waals surface area (Å²) in [5.41, 5.74) is 2.08. The van der Waals surface area contributed by atoms with Crippen LogP contribution in [0.4, 0.5) is 0 Å². The number of nitrogens with zero attached hydrogens (tertiary/aromatic N) is 1. The molecular formula is C17H18ClNO2S. The summed E-state index contributed by atoms with van der Waals surface area (Å²) in [4.78, 5) is 14.7. The van der Waals surface area contributed by atoms with Crippen LogP contribution in [0.15, 0.2) is 41.1 Å². The highest BCUT2D eigenvalue weighted by Crippen LogP contribution is 2.41. The normalized spacial score (nSPS) is 20.0. The van der Waals surface area contributed by atoms with Gasteiger partial charge in [-0.15, -0.1) is 0 Å². The third-order valence-electron chi connectivity index (χ3n) is 4.18. The zero-order valence-corrected chi connectivity index (χ0v) is 13.9. The number of thiophene rings is 1. The van der Waals surface area contributed by atoms with Crippen LogP contribution < -0.4 is 0 Å². The number of rotatable bonds is 4. The molecule has 0 bridgehead atoms. The molecule has 1 saturated heterocycles. The fraction of sp³-hybridized carbons (Fsp3) is 0.353. The molecule has 1 aliphatic heterocycles. The second-order valence-electron chi connectivity index (χ2n) is 5.40. The Morgan fingerprint density at radius 2 is 2.23 bits per heavy atom. The molecule has 0 spiro atoms. The maximum absolute atomic E-state index is 12.4. The maximum atomic E-state index is 12.4. The van der Waals surface area contributed by atoms with Crippen LogP contribution in [0, 0.1) is 0 Å². The van der Waals surface area contributed by atoms with E-state index in [2.05, 4.69) is 21.7 Å². The molecule has 22 heavy (non-hydrogen) atoms. The largest absolute Gasteiger partial charge is 0.468 e. The fourth-order valence-corrected chi connectivity index (χ4v) is 4.12. The number of likely N-dealkylation sites (tertiary alicyclic amines) is 1. The molecule has 2 atom stereocenters. The van der Waals surface area contributed by atoms with Crippen molar-refractivity contribution in [1.29, 1.82) is 0 Å². The lowest BCUT2D eigenvalue weighted by atomic mass is 10.0. The highest BCUT2D eigenvalue weighted by Gasteiger charge is 2.38. The number of benzene rings is 1. The molecule has 1 aromatic heterocycles. The van der Waals surface area contributed by atoms with E-state index in [0.29, 0.717) is 5.02 Å². The molecule has 0 saturated carbocycles. The summed E-state index contributed by atoms with van der Waals surface area (Å²) in [6.45, 7) is 0.867. The average molecular weight is 336 g/mol. The quantitative estimate of drug-likeness (QED) is 0.773. The van der Waals surface area contributed by atoms with Gasteiger partial charge in [-0.2, -0.15) is 11.3 Å². The topological polar surface area (TPSA) is 29.5 Å². The number of carbonyl (C=O) groups excluding carboxylic acids is 1. The van der Waals surface area contributed by atoms with Gasteiger partial charge in [-0.05, 0) is 53.4 Å². The first kappa shape index (κ1) is 15.5. The first-order valence-corrected chi connectivity index (χ1v) is 8.64. The van der Waals surface area contributed by atoms with E-state index in [9.17, 15) is 4.79 Å². The Morgan fingerprint density at radius 3 is 2.91 bits per heavy atom. The van der Waals surface area contributed by atoms with Crippen molar-refractivity contribution in [2.45, 2.75) is 24.9 Å². The number of ether oxygens (including phenoxy) is 1. The van der Waals surface area contributed by atoms with Gasteiger partial charge in [-0.25, -0.2) is 4.79 Å². The van der Waals surface area contributed by atoms with Gasteiger partial charge in [0, 0.05) is 11.1 Å². The van der Waals surface area contributed by atoms with Gasteiger partial charge in [-0.3, -0.25) is 4.90 Å². The first-order chi connectivity index (χ1) is 10.7. The Morgan fingerprint density at radius 1 is 1.41 bits per heavy atom. The number of hydrogen-bond acceptors (Lipinski definition) is 4. The Kier molecular flexibility index (Phi) is 4.81. The Hall–Kier alpha value is -1.36. The van der Waals surface area contributed by atoms with Crippen molar-refractivity contribution in [3.05, 3.63) is 57.2 Å². The van der Waals surface area contributed by atoms with Gasteiger partial charge >= 0.3 is 5.97 Å². The molecule has 0 N–H and O–H groups in total. The Labute approximate surface area is 139 Å². The van der Waals surface area contributed by atoms with E-state index in [1.165, 1.54) is 12.7 Å². The third kappa shape index (κ3) is 2.91. The number of hydrogen-bond donors (Lipinski definition) is 0. The van der Waals surface area contributed by atoms with Gasteiger partial charge in [0.05, 0.1) is 7.11 Å². The summed E-state index contributed by atoms with van der Waals surface area (Å²) < 4.78 is 5.06. The molecule has 0 aliphatic carbocycles. The lowest BCUT2D eigenvalue weighted by molar-refractivity contribution is -0.147. The molecule has 1 aliphatic rings. The van der Waals surface area contributed by atoms with Crippen LogP contribution in [0.2, 0.25) is 5.02 Å². The molecule has 2 heterocycles. The zero-order valence-electron chi connectivity index (χ0n) is 12.4. The average Bonchev–Trinajstić information content (AvgIpc) is 3.19. The van der Waals surface area contributed by atoms with Crippen molar-refractivity contribution in [2.75, 3.05) is 13.7 Å². The highest BCUT2D eigenvalue weighted by molar-refractivity contribution is 7.07. The van der Waals surface area contributed by atoms with Gasteiger partial charge in [0.25, 0.3) is 0 Å². The summed E-state index contributed by atoms with van der Waals surface area (Å²) in [5, 5.41) is 4.84. The smallest absolute Gasteiger partial charge is 0.327 e. The summed E-state index contributed by atoms with van der Waals surface area (Å²) in [6, 6.07) is 9.44. The van der Waals surface area contributed by atoms with Crippen LogP contribution in [-0.4, -0.2) is 24.5 Å². The second kappa shape index (κ2) is 6.82. The molecule has 2 unspecified atom stereocenters. The molecule has 3 rings (SSSR count). The van der Waals surface area contributed by atoms with Gasteiger partial charge in [-0.1, -0.05) is 29.8 Å². The molecular weight excluding hydrogens is 318 g/mol. The van der Waals surface area contributed by atoms with Crippen LogP contribution in [0.5, 0.6) is 0 Å². The van der Waals surface area contributed by atoms with Crippen LogP contribution in [0.1, 0.15) is 36.1 Å². The minimum atomic E-state index is -0.453. The predicted molar refractivity (Wildman–Crippen MR) is 89.2 cm³/mol. The zero-order chi connectivity index (χ0) is 15.5. The summed E-state index contributed by atoms with van der Waals surface area (Å²) >= 11 is 8.02. The fourth-order valence-electron chi connectivity index (χ4n) is 3.17. The Balaban J connectivity index is 1.99. The predicted octanol–water partition coefficient (Wildman–Crippen LogP) is 4.45. The van der Waals surface area contributed by atoms with Crippen molar-refractivity contribution in [3.63, 3.8) is 0 Å². The van der Waals surface area contributed by atoms with Gasteiger partial charge in [0.15, 0.2) is 0 Å². The van der Waals surface area contributed by atoms with Crippen molar-refractivity contribution < 1.29 is 9.53 Å². The van der Waals surface area contributed by atoms with Gasteiger partial charge < -0.3 is 4.74 Å². The minimum absolute atomic E-state index is 0.242. The molecule has 1 aromatic carbocycles. The highest BCUT2D eigenvalue weighted by atomic mass is 35.5. The van der Waals surface area contributed by atoms with Crippen LogP contribution in [0.25, 0.3) is 0 Å². The van der Waals surface area contributed by atoms with E-state index in [-0.39, 0.29) is 12.0 Å². The van der Waals surface area contributed by atoms with E-state index in [1.807, 2.05) is 24.3 Å². The minimum Gasteiger partial charge on any atom is -0.468 e. The number of esters is 1. The molecule has 0 radical (unpaired) electrons. The van der Waals surface area contributed by atoms with Gasteiger partial charge in [0.2, 0.25) is 0 Å². The lowest BCUT2D eigenvalue weighted by Gasteiger charge is -2.31. The van der Waals surface area contributed by atoms with E-state index in [1.54, 1.807) is 11.3 Å². The van der Waals surface area contributed by atoms with Crippen molar-refractivity contribution in [2.24, 2.45) is 0 Å². The van der Waals surface area contributed by atoms with Crippen LogP contribution in [-0.2, 0) is 9.53 Å². The third-order valence-corrected chi connectivity index (χ3v) is 5.22. The van der Waals surface area contributed by atoms with E-state index in [0.717, 1.165) is 24.9 Å². The molecule has 3 nitrogen and oxygen atoms in total. The second-order valence-corrected chi connectivity index (χ2v) is 6.59. The Bertz CT molecular complexity index is 644.